The smallest absolute Gasteiger partial charge is 0.416 e. The Labute approximate surface area is 704 Å². The largest absolute Gasteiger partial charge is 0.444 e. The predicted molar refractivity (Wildman–Crippen MR) is 447 cm³/mol. The Bertz CT molecular complexity index is 5730. The van der Waals surface area contributed by atoms with Gasteiger partial charge in [-0.1, -0.05) is 132 Å². The van der Waals surface area contributed by atoms with Crippen LogP contribution in [0.5, 0.6) is 0 Å². The van der Waals surface area contributed by atoms with E-state index in [-0.39, 0.29) is 61.3 Å². The lowest BCUT2D eigenvalue weighted by molar-refractivity contribution is -0.384. The van der Waals surface area contributed by atoms with Gasteiger partial charge in [-0.3, -0.25) is 15.4 Å². The maximum absolute atomic E-state index is 13.1. The molecule has 121 heavy (non-hydrogen) atoms. The summed E-state index contributed by atoms with van der Waals surface area (Å²) in [6, 6.07) is 35.0. The standard InChI is InChI=1S/C25H25F3N6O2S.C20H17F3N6S.C16H13F3N2O4S.C15H15N5O2S.C2H6OS.CH4/c1-24(2,3)36-23(35)34(14-18(29)11-15-7-9-17(10-8-15)25(26,27)28)22-33-32-21(37-22)19-6-4-5-16-12-30-31-13-20(16)19;21-20(22,23)14-6-4-12(5-7-14)8-15(24)10-25-19-29-28-18(30-19)16-3-1-2-13-9-26-27-11-17(13)16;17-16(18,19)12-3-1-11(2-4-12)9-14-10-20(14)26(24,25)15-7-5-13(6-8-15)21(22)23;1-15(2,3)22-14(21)18-13-20-19-12(23-13)10-6-4-5-9-7-16-17-8-11(9)10;3-1-2-4;/h4-10,12-13,18H,11,14,29H2,1-3H3;1-7,9,11,15H,8,10,24H2,(H,25,29);1-8,14H,9-10H2;4-8H,1-3H3,(H,18,20,21);3-4H,1-2H2;1H4/t;15-;14-,20?;;;/m.10.../s1. The third-order valence-corrected chi connectivity index (χ3v) is 21.7. The second kappa shape index (κ2) is 40.7. The number of aromatic nitrogens is 12. The molecule has 7 heterocycles. The summed E-state index contributed by atoms with van der Waals surface area (Å²) < 4.78 is 151. The average Bonchev–Trinajstić information content (AvgIpc) is 1.61. The average molecular weight is 1770 g/mol. The lowest BCUT2D eigenvalue weighted by atomic mass is 10.0. The molecule has 0 saturated carbocycles. The number of fused-ring (bicyclic) bond motifs is 3. The molecular formula is C79H80F9N19O9S5. The van der Waals surface area contributed by atoms with Crippen molar-refractivity contribution in [3.8, 4) is 31.7 Å². The zero-order valence-corrected chi connectivity index (χ0v) is 68.5. The number of benzene rings is 7. The number of carbonyl (C=O) groups excluding carboxylic acids is 2. The molecule has 42 heteroatoms. The van der Waals surface area contributed by atoms with Crippen LogP contribution in [0.25, 0.3) is 64.0 Å². The van der Waals surface area contributed by atoms with Gasteiger partial charge >= 0.3 is 30.7 Å². The molecule has 0 bridgehead atoms. The first-order valence-corrected chi connectivity index (χ1v) is 40.6. The third kappa shape index (κ3) is 26.7. The summed E-state index contributed by atoms with van der Waals surface area (Å²) >= 11 is 7.53. The topological polar surface area (TPSA) is 387 Å². The second-order valence-electron chi connectivity index (χ2n) is 28.3. The minimum atomic E-state index is -4.42. The number of amides is 2. The van der Waals surface area contributed by atoms with Crippen molar-refractivity contribution < 1.29 is 77.0 Å². The van der Waals surface area contributed by atoms with E-state index in [1.165, 1.54) is 91.7 Å². The van der Waals surface area contributed by atoms with Gasteiger partial charge in [-0.2, -0.15) is 87.0 Å². The summed E-state index contributed by atoms with van der Waals surface area (Å²) in [5.74, 6) is 0.569. The number of halogens is 9. The van der Waals surface area contributed by atoms with Gasteiger partial charge < -0.3 is 31.4 Å². The molecule has 13 aromatic rings. The molecule has 4 atom stereocenters. The van der Waals surface area contributed by atoms with Gasteiger partial charge in [0.2, 0.25) is 25.4 Å². The van der Waals surface area contributed by atoms with Crippen LogP contribution in [0.15, 0.2) is 194 Å². The van der Waals surface area contributed by atoms with Crippen molar-refractivity contribution >= 4 is 122 Å². The van der Waals surface area contributed by atoms with Gasteiger partial charge in [0, 0.05) is 105 Å². The third-order valence-electron chi connectivity index (χ3n) is 16.8. The van der Waals surface area contributed by atoms with Crippen LogP contribution >= 0.6 is 46.6 Å². The van der Waals surface area contributed by atoms with Gasteiger partial charge in [0.1, 0.15) is 26.2 Å². The minimum absolute atomic E-state index is 0. The van der Waals surface area contributed by atoms with E-state index >= 15 is 0 Å². The Morgan fingerprint density at radius 2 is 0.967 bits per heavy atom. The minimum Gasteiger partial charge on any atom is -0.444 e. The quantitative estimate of drug-likeness (QED) is 0.0136. The maximum Gasteiger partial charge on any atom is 0.416 e. The fraction of sp³-hybridized carbons (Fsp3) is 0.291. The van der Waals surface area contributed by atoms with E-state index in [2.05, 4.69) is 84.4 Å². The predicted octanol–water partition coefficient (Wildman–Crippen LogP) is 16.9. The highest BCUT2D eigenvalue weighted by Crippen LogP contribution is 2.39. The van der Waals surface area contributed by atoms with E-state index in [1.807, 2.05) is 54.6 Å². The zero-order chi connectivity index (χ0) is 86.9. The lowest BCUT2D eigenvalue weighted by Crippen LogP contribution is -2.44. The second-order valence-corrected chi connectivity index (χ2v) is 33.6. The van der Waals surface area contributed by atoms with Crippen molar-refractivity contribution in [2.75, 3.05) is 47.5 Å². The molecule has 2 unspecified atom stereocenters. The normalized spacial score (nSPS) is 13.8. The molecular weight excluding hydrogens is 1690 g/mol. The molecule has 0 radical (unpaired) electrons. The van der Waals surface area contributed by atoms with E-state index in [0.717, 1.165) is 108 Å². The number of nitro groups is 1. The summed E-state index contributed by atoms with van der Waals surface area (Å²) in [6.45, 7) is 11.5. The van der Waals surface area contributed by atoms with Gasteiger partial charge in [0.05, 0.1) is 70.3 Å². The number of nitrogens with two attached hydrogens (primary N) is 2. The SMILES string of the molecule is C.CC(C)(C)OC(=O)N(CC(N)Cc1ccc(C(F)(F)F)cc1)c1nnc(-c2cccc3cnncc23)s1.CC(C)(C)OC(=O)Nc1nnc(-c2cccc3cnncc23)s1.N[C@@H](CNc1nnc(-c2cccc3cnncc23)s1)Cc1ccc(C(F)(F)F)cc1.O=[N+]([O-])c1ccc(S(=O)(=O)N2C[C@@H]2Cc2ccc(C(F)(F)F)cc2)cc1.OCCS. The molecule has 1 saturated heterocycles. The van der Waals surface area contributed by atoms with Crippen molar-refractivity contribution in [2.45, 2.75) is 121 Å². The van der Waals surface area contributed by atoms with Gasteiger partial charge in [0.15, 0.2) is 0 Å². The van der Waals surface area contributed by atoms with Crippen molar-refractivity contribution in [2.24, 2.45) is 11.5 Å². The number of non-ortho nitro benzene ring substituents is 1. The van der Waals surface area contributed by atoms with E-state index in [0.29, 0.717) is 56.5 Å². The molecule has 28 nitrogen and oxygen atoms in total. The van der Waals surface area contributed by atoms with Gasteiger partial charge in [-0.15, -0.1) is 30.6 Å². The molecule has 638 valence electrons. The molecule has 7 aromatic carbocycles. The van der Waals surface area contributed by atoms with Gasteiger partial charge in [-0.25, -0.2) is 22.9 Å². The van der Waals surface area contributed by atoms with E-state index < -0.39 is 79.6 Å². The number of aliphatic hydroxyl groups excluding tert-OH is 1. The van der Waals surface area contributed by atoms with Crippen LogP contribution in [0.4, 0.5) is 70.2 Å². The molecule has 6 aromatic heterocycles. The van der Waals surface area contributed by atoms with Crippen molar-refractivity contribution in [1.82, 2.24) is 65.5 Å². The first-order valence-electron chi connectivity index (χ1n) is 36.1. The van der Waals surface area contributed by atoms with E-state index in [9.17, 15) is 67.6 Å². The number of hydrogen-bond donors (Lipinski definition) is 6. The van der Waals surface area contributed by atoms with Gasteiger partial charge in [0.25, 0.3) is 5.69 Å². The Hall–Kier alpha value is -11.5. The Morgan fingerprint density at radius 3 is 1.39 bits per heavy atom. The molecule has 1 aliphatic heterocycles. The van der Waals surface area contributed by atoms with Gasteiger partial charge in [-0.05, 0) is 126 Å². The Kier molecular flexibility index (Phi) is 31.4. The first kappa shape index (κ1) is 93.4. The molecule has 1 fully saturated rings. The molecule has 0 spiro atoms. The number of nitrogens with zero attached hydrogens (tertiary/aromatic N) is 15. The molecule has 14 rings (SSSR count). The Morgan fingerprint density at radius 1 is 0.570 bits per heavy atom. The van der Waals surface area contributed by atoms with Crippen LogP contribution < -0.4 is 27.0 Å². The number of ether oxygens (including phenoxy) is 2. The number of thiol groups is 1. The monoisotopic (exact) mass is 1770 g/mol. The van der Waals surface area contributed by atoms with Crippen molar-refractivity contribution in [1.29, 1.82) is 0 Å². The highest BCUT2D eigenvalue weighted by atomic mass is 32.2. The summed E-state index contributed by atoms with van der Waals surface area (Å²) in [6.07, 6.45) is -3.34. The summed E-state index contributed by atoms with van der Waals surface area (Å²) in [5.41, 5.74) is 13.3. The van der Waals surface area contributed by atoms with E-state index in [1.54, 1.807) is 78.7 Å². The van der Waals surface area contributed by atoms with Crippen LogP contribution in [0.2, 0.25) is 0 Å². The van der Waals surface area contributed by atoms with Crippen LogP contribution in [0, 0.1) is 10.1 Å². The van der Waals surface area contributed by atoms with E-state index in [4.69, 9.17) is 26.0 Å². The summed E-state index contributed by atoms with van der Waals surface area (Å²) in [7, 11) is -3.78. The van der Waals surface area contributed by atoms with Crippen LogP contribution in [-0.2, 0) is 57.3 Å². The number of nitro benzene ring substituents is 1. The zero-order valence-electron chi connectivity index (χ0n) is 64.3. The fourth-order valence-corrected chi connectivity index (χ4v) is 15.3. The van der Waals surface area contributed by atoms with Crippen molar-refractivity contribution in [3.05, 3.63) is 232 Å². The van der Waals surface area contributed by atoms with Crippen LogP contribution in [0.1, 0.15) is 82.3 Å². The number of alkyl halides is 9. The number of anilines is 3. The lowest BCUT2D eigenvalue weighted by Gasteiger charge is -2.27. The first-order chi connectivity index (χ1) is 56.7. The van der Waals surface area contributed by atoms with Crippen LogP contribution in [0.3, 0.4) is 0 Å². The molecule has 0 aliphatic carbocycles. The molecule has 1 aliphatic rings. The van der Waals surface area contributed by atoms with Crippen molar-refractivity contribution in [3.63, 3.8) is 0 Å². The number of hydrogen-bond acceptors (Lipinski definition) is 28. The highest BCUT2D eigenvalue weighted by Gasteiger charge is 2.45. The number of aliphatic hydroxyl groups is 1. The fourth-order valence-electron chi connectivity index (χ4n) is 11.2. The number of rotatable bonds is 20. The Balaban J connectivity index is 0.000000182. The number of nitrogens with one attached hydrogen (secondary N) is 2. The summed E-state index contributed by atoms with van der Waals surface area (Å²) in [4.78, 5) is 36.1. The summed E-state index contributed by atoms with van der Waals surface area (Å²) in [5, 5.41) is 81.5. The maximum atomic E-state index is 13.1. The van der Waals surface area contributed by atoms with Crippen LogP contribution in [-0.4, -0.2) is 157 Å². The highest BCUT2D eigenvalue weighted by molar-refractivity contribution is 7.89. The number of carbonyl (C=O) groups is 2. The number of sulfonamides is 1. The molecule has 2 amide bonds. The molecule has 7 N–H and O–H groups in total.